The third kappa shape index (κ3) is 3.04. The molecule has 0 spiro atoms. The van der Waals surface area contributed by atoms with Crippen LogP contribution in [-0.4, -0.2) is 32.4 Å². The maximum atomic E-state index is 12.4. The number of halogens is 1. The Morgan fingerprint density at radius 1 is 1.42 bits per heavy atom. The number of nitrogens with zero attached hydrogens (tertiary/aromatic N) is 1. The maximum Gasteiger partial charge on any atom is 0.243 e. The van der Waals surface area contributed by atoms with Gasteiger partial charge in [0.05, 0.1) is 17.4 Å². The second kappa shape index (κ2) is 5.69. The van der Waals surface area contributed by atoms with Gasteiger partial charge in [0.25, 0.3) is 0 Å². The molecule has 2 rings (SSSR count). The van der Waals surface area contributed by atoms with Gasteiger partial charge in [0.2, 0.25) is 10.0 Å². The van der Waals surface area contributed by atoms with E-state index in [-0.39, 0.29) is 16.8 Å². The van der Waals surface area contributed by atoms with Crippen molar-refractivity contribution < 1.29 is 13.2 Å². The lowest BCUT2D eigenvalue weighted by atomic mass is 10.2. The highest BCUT2D eigenvalue weighted by atomic mass is 35.5. The lowest BCUT2D eigenvalue weighted by Gasteiger charge is -2.17. The molecule has 1 aliphatic carbocycles. The molecule has 0 atom stereocenters. The highest BCUT2D eigenvalue weighted by molar-refractivity contribution is 7.89. The van der Waals surface area contributed by atoms with Crippen LogP contribution in [0.5, 0.6) is 5.75 Å². The smallest absolute Gasteiger partial charge is 0.243 e. The maximum absolute atomic E-state index is 12.4. The number of hydrogen-bond donors (Lipinski definition) is 0. The molecule has 1 aromatic carbocycles. The highest BCUT2D eigenvalue weighted by Gasteiger charge is 2.35. The molecule has 0 bridgehead atoms. The summed E-state index contributed by atoms with van der Waals surface area (Å²) in [5.41, 5.74) is 0.703. The van der Waals surface area contributed by atoms with Crippen LogP contribution in [-0.2, 0) is 15.9 Å². The quantitative estimate of drug-likeness (QED) is 0.759. The number of hydrogen-bond acceptors (Lipinski definition) is 3. The molecule has 1 fully saturated rings. The van der Waals surface area contributed by atoms with Crippen LogP contribution in [0.15, 0.2) is 23.1 Å². The predicted molar refractivity (Wildman–Crippen MR) is 75.1 cm³/mol. The van der Waals surface area contributed by atoms with E-state index in [9.17, 15) is 8.42 Å². The third-order valence-electron chi connectivity index (χ3n) is 3.21. The Morgan fingerprint density at radius 2 is 2.11 bits per heavy atom. The lowest BCUT2D eigenvalue weighted by Crippen LogP contribution is -2.29. The molecule has 0 amide bonds. The van der Waals surface area contributed by atoms with Gasteiger partial charge in [0.15, 0.2) is 0 Å². The molecule has 6 heteroatoms. The van der Waals surface area contributed by atoms with Crippen LogP contribution >= 0.6 is 11.6 Å². The molecule has 0 heterocycles. The van der Waals surface area contributed by atoms with Crippen molar-refractivity contribution in [3.8, 4) is 5.75 Å². The molecule has 19 heavy (non-hydrogen) atoms. The van der Waals surface area contributed by atoms with Crippen LogP contribution in [0, 0.1) is 0 Å². The van der Waals surface area contributed by atoms with Crippen LogP contribution in [0.25, 0.3) is 0 Å². The predicted octanol–water partition coefficient (Wildman–Crippen LogP) is 2.61. The summed E-state index contributed by atoms with van der Waals surface area (Å²) in [4.78, 5) is 0.279. The van der Waals surface area contributed by atoms with Gasteiger partial charge in [-0.2, -0.15) is 4.31 Å². The Bertz CT molecular complexity index is 555. The summed E-state index contributed by atoms with van der Waals surface area (Å²) in [5.74, 6) is 0.872. The number of benzene rings is 1. The molecule has 1 aromatic rings. The third-order valence-corrected chi connectivity index (χ3v) is 5.41. The summed E-state index contributed by atoms with van der Waals surface area (Å²) in [7, 11) is -1.79. The minimum Gasteiger partial charge on any atom is -0.494 e. The van der Waals surface area contributed by atoms with Crippen molar-refractivity contribution in [2.75, 3.05) is 13.7 Å². The molecule has 0 aromatic heterocycles. The molecule has 1 saturated carbocycles. The first kappa shape index (κ1) is 14.6. The van der Waals surface area contributed by atoms with Crippen LogP contribution in [0.4, 0.5) is 0 Å². The summed E-state index contributed by atoms with van der Waals surface area (Å²) in [6.07, 6.45) is 1.88. The number of rotatable bonds is 6. The molecule has 4 nitrogen and oxygen atoms in total. The first-order valence-electron chi connectivity index (χ1n) is 6.30. The normalized spacial score (nSPS) is 15.8. The van der Waals surface area contributed by atoms with Gasteiger partial charge in [-0.1, -0.05) is 0 Å². The summed E-state index contributed by atoms with van der Waals surface area (Å²) in [5, 5.41) is 0. The van der Waals surface area contributed by atoms with Crippen LogP contribution in [0.1, 0.15) is 25.3 Å². The van der Waals surface area contributed by atoms with E-state index in [2.05, 4.69) is 0 Å². The van der Waals surface area contributed by atoms with E-state index in [0.717, 1.165) is 12.8 Å². The van der Waals surface area contributed by atoms with E-state index in [1.807, 2.05) is 6.92 Å². The molecule has 0 aliphatic heterocycles. The fourth-order valence-corrected chi connectivity index (χ4v) is 3.59. The average molecular weight is 304 g/mol. The Kier molecular flexibility index (Phi) is 4.38. The van der Waals surface area contributed by atoms with E-state index in [0.29, 0.717) is 17.9 Å². The first-order chi connectivity index (χ1) is 9.00. The van der Waals surface area contributed by atoms with Gasteiger partial charge >= 0.3 is 0 Å². The molecule has 0 radical (unpaired) electrons. The van der Waals surface area contributed by atoms with Crippen molar-refractivity contribution >= 4 is 21.6 Å². The molecule has 106 valence electrons. The topological polar surface area (TPSA) is 46.6 Å². The lowest BCUT2D eigenvalue weighted by molar-refractivity contribution is 0.337. The molecule has 0 N–H and O–H groups in total. The van der Waals surface area contributed by atoms with Crippen molar-refractivity contribution in [1.29, 1.82) is 0 Å². The largest absolute Gasteiger partial charge is 0.494 e. The van der Waals surface area contributed by atoms with Gasteiger partial charge in [0, 0.05) is 18.7 Å². The van der Waals surface area contributed by atoms with Crippen molar-refractivity contribution in [2.45, 2.75) is 36.6 Å². The van der Waals surface area contributed by atoms with Crippen LogP contribution < -0.4 is 4.74 Å². The monoisotopic (exact) mass is 303 g/mol. The van der Waals surface area contributed by atoms with Gasteiger partial charge in [-0.05, 0) is 38.0 Å². The zero-order chi connectivity index (χ0) is 14.0. The van der Waals surface area contributed by atoms with Crippen LogP contribution in [0.3, 0.4) is 0 Å². The zero-order valence-electron chi connectivity index (χ0n) is 11.1. The average Bonchev–Trinajstić information content (AvgIpc) is 3.22. The van der Waals surface area contributed by atoms with E-state index in [4.69, 9.17) is 16.3 Å². The summed E-state index contributed by atoms with van der Waals surface area (Å²) in [6.45, 7) is 2.40. The second-order valence-corrected chi connectivity index (χ2v) is 6.85. The Hall–Kier alpha value is -0.780. The van der Waals surface area contributed by atoms with E-state index >= 15 is 0 Å². The number of alkyl halides is 1. The van der Waals surface area contributed by atoms with E-state index in [1.165, 1.54) is 4.31 Å². The van der Waals surface area contributed by atoms with Gasteiger partial charge in [-0.15, -0.1) is 11.6 Å². The highest BCUT2D eigenvalue weighted by Crippen LogP contribution is 2.32. The van der Waals surface area contributed by atoms with Crippen molar-refractivity contribution in [3.05, 3.63) is 23.8 Å². The molecular formula is C13H18ClNO3S. The number of ether oxygens (including phenoxy) is 1. The molecule has 0 unspecified atom stereocenters. The van der Waals surface area contributed by atoms with Gasteiger partial charge in [-0.25, -0.2) is 8.42 Å². The summed E-state index contributed by atoms with van der Waals surface area (Å²) in [6, 6.07) is 5.01. The van der Waals surface area contributed by atoms with Gasteiger partial charge < -0.3 is 4.74 Å². The minimum absolute atomic E-state index is 0.149. The Labute approximate surface area is 119 Å². The van der Waals surface area contributed by atoms with Crippen molar-refractivity contribution in [3.63, 3.8) is 0 Å². The van der Waals surface area contributed by atoms with Gasteiger partial charge in [0.1, 0.15) is 5.75 Å². The Morgan fingerprint density at radius 3 is 2.63 bits per heavy atom. The SMILES string of the molecule is CCOc1ccc(S(=O)(=O)N(C)C2CC2)cc1CCl. The van der Waals surface area contributed by atoms with E-state index < -0.39 is 10.0 Å². The summed E-state index contributed by atoms with van der Waals surface area (Å²) >= 11 is 5.86. The minimum atomic E-state index is -3.42. The Balaban J connectivity index is 2.34. The molecular weight excluding hydrogens is 286 g/mol. The van der Waals surface area contributed by atoms with Crippen molar-refractivity contribution in [1.82, 2.24) is 4.31 Å². The standard InChI is InChI=1S/C13H18ClNO3S/c1-3-18-13-7-6-12(8-10(13)9-14)19(16,17)15(2)11-4-5-11/h6-8,11H,3-5,9H2,1-2H3. The second-order valence-electron chi connectivity index (χ2n) is 4.59. The van der Waals surface area contributed by atoms with Crippen LogP contribution in [0.2, 0.25) is 0 Å². The number of sulfonamides is 1. The summed E-state index contributed by atoms with van der Waals surface area (Å²) < 4.78 is 31.7. The fourth-order valence-electron chi connectivity index (χ4n) is 1.92. The van der Waals surface area contributed by atoms with Crippen molar-refractivity contribution in [2.24, 2.45) is 0 Å². The first-order valence-corrected chi connectivity index (χ1v) is 8.28. The zero-order valence-corrected chi connectivity index (χ0v) is 12.7. The fraction of sp³-hybridized carbons (Fsp3) is 0.538. The molecule has 0 saturated heterocycles. The van der Waals surface area contributed by atoms with E-state index in [1.54, 1.807) is 25.2 Å². The van der Waals surface area contributed by atoms with Gasteiger partial charge in [-0.3, -0.25) is 0 Å². The molecule has 1 aliphatic rings.